The minimum absolute atomic E-state index is 0.329. The molecule has 0 aliphatic carbocycles. The van der Waals surface area contributed by atoms with Crippen molar-refractivity contribution in [3.63, 3.8) is 0 Å². The van der Waals surface area contributed by atoms with Gasteiger partial charge in [-0.3, -0.25) is 4.98 Å². The Kier molecular flexibility index (Phi) is 2.79. The Balaban J connectivity index is 2.23. The average molecular weight is 266 g/mol. The number of rotatable bonds is 2. The predicted octanol–water partition coefficient (Wildman–Crippen LogP) is 3.34. The van der Waals surface area contributed by atoms with Crippen LogP contribution in [0.25, 0.3) is 16.6 Å². The summed E-state index contributed by atoms with van der Waals surface area (Å²) < 4.78 is 1.92. The molecule has 0 spiro atoms. The molecule has 4 heteroatoms. The van der Waals surface area contributed by atoms with Crippen molar-refractivity contribution in [2.75, 3.05) is 0 Å². The van der Waals surface area contributed by atoms with Crippen molar-refractivity contribution >= 4 is 16.9 Å². The monoisotopic (exact) mass is 266 g/mol. The number of hydrogen-bond donors (Lipinski definition) is 1. The van der Waals surface area contributed by atoms with Crippen molar-refractivity contribution in [3.8, 4) is 5.69 Å². The summed E-state index contributed by atoms with van der Waals surface area (Å²) in [6.07, 6.45) is 1.77. The summed E-state index contributed by atoms with van der Waals surface area (Å²) in [6.45, 7) is 3.71. The van der Waals surface area contributed by atoms with Crippen LogP contribution in [0.1, 0.15) is 21.7 Å². The van der Waals surface area contributed by atoms with Gasteiger partial charge >= 0.3 is 5.97 Å². The molecule has 4 nitrogen and oxygen atoms in total. The standard InChI is InChI=1S/C16H14N2O2/c1-10-7-14(16(19)20)11(2)18(10)13-8-12-5-3-4-6-15(12)17-9-13/h3-9H,1-2H3,(H,19,20). The number of hydrogen-bond acceptors (Lipinski definition) is 2. The number of nitrogens with zero attached hydrogens (tertiary/aromatic N) is 2. The molecule has 1 aromatic carbocycles. The maximum atomic E-state index is 11.2. The summed E-state index contributed by atoms with van der Waals surface area (Å²) in [4.78, 5) is 15.6. The number of aryl methyl sites for hydroxylation is 1. The zero-order chi connectivity index (χ0) is 14.3. The van der Waals surface area contributed by atoms with E-state index in [-0.39, 0.29) is 0 Å². The van der Waals surface area contributed by atoms with Crippen molar-refractivity contribution < 1.29 is 9.90 Å². The lowest BCUT2D eigenvalue weighted by Crippen LogP contribution is -2.03. The van der Waals surface area contributed by atoms with E-state index in [1.807, 2.05) is 48.7 Å². The van der Waals surface area contributed by atoms with Crippen LogP contribution in [-0.2, 0) is 0 Å². The fraction of sp³-hybridized carbons (Fsp3) is 0.125. The molecule has 0 amide bonds. The van der Waals surface area contributed by atoms with Crippen LogP contribution in [0, 0.1) is 13.8 Å². The van der Waals surface area contributed by atoms with E-state index in [4.69, 9.17) is 0 Å². The van der Waals surface area contributed by atoms with Gasteiger partial charge in [-0.15, -0.1) is 0 Å². The molecule has 0 fully saturated rings. The molecule has 3 rings (SSSR count). The highest BCUT2D eigenvalue weighted by Crippen LogP contribution is 2.22. The second-order valence-electron chi connectivity index (χ2n) is 4.81. The molecule has 0 aliphatic rings. The van der Waals surface area contributed by atoms with E-state index in [9.17, 15) is 9.90 Å². The predicted molar refractivity (Wildman–Crippen MR) is 77.5 cm³/mol. The molecule has 1 N–H and O–H groups in total. The SMILES string of the molecule is Cc1cc(C(=O)O)c(C)n1-c1cnc2ccccc2c1. The lowest BCUT2D eigenvalue weighted by Gasteiger charge is -2.10. The number of carboxylic acid groups (broad SMARTS) is 1. The first-order chi connectivity index (χ1) is 9.58. The van der Waals surface area contributed by atoms with Gasteiger partial charge in [0.05, 0.1) is 23.0 Å². The summed E-state index contributed by atoms with van der Waals surface area (Å²) in [5.74, 6) is -0.905. The Hall–Kier alpha value is -2.62. The van der Waals surface area contributed by atoms with E-state index in [0.717, 1.165) is 22.3 Å². The average Bonchev–Trinajstić information content (AvgIpc) is 2.74. The van der Waals surface area contributed by atoms with Gasteiger partial charge in [0.1, 0.15) is 0 Å². The van der Waals surface area contributed by atoms with Gasteiger partial charge in [-0.1, -0.05) is 18.2 Å². The number of benzene rings is 1. The van der Waals surface area contributed by atoms with Crippen LogP contribution in [0.4, 0.5) is 0 Å². The Bertz CT molecular complexity index is 818. The first-order valence-electron chi connectivity index (χ1n) is 6.35. The van der Waals surface area contributed by atoms with Gasteiger partial charge in [0.15, 0.2) is 0 Å². The highest BCUT2D eigenvalue weighted by Gasteiger charge is 2.15. The lowest BCUT2D eigenvalue weighted by atomic mass is 10.2. The number of para-hydroxylation sites is 1. The van der Waals surface area contributed by atoms with Crippen LogP contribution in [0.15, 0.2) is 42.6 Å². The van der Waals surface area contributed by atoms with Crippen molar-refractivity contribution in [3.05, 3.63) is 59.5 Å². The van der Waals surface area contributed by atoms with Crippen molar-refractivity contribution in [1.29, 1.82) is 0 Å². The fourth-order valence-electron chi connectivity index (χ4n) is 2.56. The zero-order valence-electron chi connectivity index (χ0n) is 11.3. The molecule has 2 aromatic heterocycles. The van der Waals surface area contributed by atoms with Gasteiger partial charge in [-0.2, -0.15) is 0 Å². The minimum atomic E-state index is -0.905. The third-order valence-corrected chi connectivity index (χ3v) is 3.50. The molecule has 0 unspecified atom stereocenters. The highest BCUT2D eigenvalue weighted by molar-refractivity contribution is 5.89. The van der Waals surface area contributed by atoms with E-state index in [1.165, 1.54) is 0 Å². The van der Waals surface area contributed by atoms with Crippen molar-refractivity contribution in [1.82, 2.24) is 9.55 Å². The van der Waals surface area contributed by atoms with Gasteiger partial charge in [0, 0.05) is 16.8 Å². The molecule has 0 radical (unpaired) electrons. The Morgan fingerprint density at radius 1 is 1.20 bits per heavy atom. The molecular formula is C16H14N2O2. The summed E-state index contributed by atoms with van der Waals surface area (Å²) in [6, 6.07) is 11.6. The number of pyridine rings is 1. The summed E-state index contributed by atoms with van der Waals surface area (Å²) in [5, 5.41) is 10.2. The summed E-state index contributed by atoms with van der Waals surface area (Å²) >= 11 is 0. The van der Waals surface area contributed by atoms with Crippen LogP contribution >= 0.6 is 0 Å². The molecule has 3 aromatic rings. The molecule has 0 saturated heterocycles. The van der Waals surface area contributed by atoms with Gasteiger partial charge in [-0.05, 0) is 32.0 Å². The molecule has 2 heterocycles. The third kappa shape index (κ3) is 1.86. The molecule has 0 bridgehead atoms. The molecule has 100 valence electrons. The van der Waals surface area contributed by atoms with Crippen molar-refractivity contribution in [2.24, 2.45) is 0 Å². The fourth-order valence-corrected chi connectivity index (χ4v) is 2.56. The maximum absolute atomic E-state index is 11.2. The molecular weight excluding hydrogens is 252 g/mol. The number of carboxylic acids is 1. The molecule has 0 aliphatic heterocycles. The minimum Gasteiger partial charge on any atom is -0.478 e. The van der Waals surface area contributed by atoms with Gasteiger partial charge in [0.25, 0.3) is 0 Å². The maximum Gasteiger partial charge on any atom is 0.337 e. The van der Waals surface area contributed by atoms with Crippen LogP contribution < -0.4 is 0 Å². The van der Waals surface area contributed by atoms with E-state index < -0.39 is 5.97 Å². The zero-order valence-corrected chi connectivity index (χ0v) is 11.3. The van der Waals surface area contributed by atoms with E-state index in [2.05, 4.69) is 4.98 Å². The Morgan fingerprint density at radius 2 is 1.95 bits per heavy atom. The lowest BCUT2D eigenvalue weighted by molar-refractivity contribution is 0.0696. The normalized spacial score (nSPS) is 10.9. The van der Waals surface area contributed by atoms with Crippen LogP contribution in [0.2, 0.25) is 0 Å². The largest absolute Gasteiger partial charge is 0.478 e. The first-order valence-corrected chi connectivity index (χ1v) is 6.35. The second-order valence-corrected chi connectivity index (χ2v) is 4.81. The first kappa shape index (κ1) is 12.4. The number of aromatic carboxylic acids is 1. The Morgan fingerprint density at radius 3 is 2.65 bits per heavy atom. The smallest absolute Gasteiger partial charge is 0.337 e. The van der Waals surface area contributed by atoms with Crippen molar-refractivity contribution in [2.45, 2.75) is 13.8 Å². The number of carbonyl (C=O) groups is 1. The molecule has 0 atom stereocenters. The molecule has 0 saturated carbocycles. The third-order valence-electron chi connectivity index (χ3n) is 3.50. The highest BCUT2D eigenvalue weighted by atomic mass is 16.4. The van der Waals surface area contributed by atoms with Crippen LogP contribution in [0.5, 0.6) is 0 Å². The van der Waals surface area contributed by atoms with Gasteiger partial charge < -0.3 is 9.67 Å². The van der Waals surface area contributed by atoms with Gasteiger partial charge in [-0.25, -0.2) is 4.79 Å². The van der Waals surface area contributed by atoms with E-state index in [1.54, 1.807) is 12.3 Å². The summed E-state index contributed by atoms with van der Waals surface area (Å²) in [5.41, 5.74) is 3.74. The van der Waals surface area contributed by atoms with Crippen LogP contribution in [-0.4, -0.2) is 20.6 Å². The van der Waals surface area contributed by atoms with Gasteiger partial charge in [0.2, 0.25) is 0 Å². The van der Waals surface area contributed by atoms with Crippen LogP contribution in [0.3, 0.4) is 0 Å². The Labute approximate surface area is 116 Å². The number of fused-ring (bicyclic) bond motifs is 1. The quantitative estimate of drug-likeness (QED) is 0.774. The van der Waals surface area contributed by atoms with E-state index in [0.29, 0.717) is 11.3 Å². The molecule has 20 heavy (non-hydrogen) atoms. The topological polar surface area (TPSA) is 55.1 Å². The summed E-state index contributed by atoms with van der Waals surface area (Å²) in [7, 11) is 0. The van der Waals surface area contributed by atoms with E-state index >= 15 is 0 Å². The number of aromatic nitrogens is 2. The second kappa shape index (κ2) is 4.49.